The third kappa shape index (κ3) is 4.37. The Morgan fingerprint density at radius 1 is 1.38 bits per heavy atom. The SMILES string of the molecule is COc1ccc(CN2N=CN=C(CCC(=O)N=O)N2)cc1. The van der Waals surface area contributed by atoms with Crippen molar-refractivity contribution in [2.45, 2.75) is 19.4 Å². The van der Waals surface area contributed by atoms with E-state index in [2.05, 4.69) is 20.7 Å². The second-order valence-electron chi connectivity index (χ2n) is 4.31. The van der Waals surface area contributed by atoms with Crippen LogP contribution in [0.15, 0.2) is 39.5 Å². The second kappa shape index (κ2) is 7.13. The maximum Gasteiger partial charge on any atom is 0.286 e. The number of hydrazine groups is 1. The Kier molecular flexibility index (Phi) is 4.97. The van der Waals surface area contributed by atoms with E-state index in [0.717, 1.165) is 11.3 Å². The van der Waals surface area contributed by atoms with Crippen LogP contribution in [0.3, 0.4) is 0 Å². The second-order valence-corrected chi connectivity index (χ2v) is 4.31. The number of hydrogen-bond acceptors (Lipinski definition) is 7. The van der Waals surface area contributed by atoms with Gasteiger partial charge in [0.15, 0.2) is 0 Å². The normalized spacial score (nSPS) is 13.4. The largest absolute Gasteiger partial charge is 0.497 e. The first-order chi connectivity index (χ1) is 10.2. The molecule has 1 heterocycles. The molecule has 0 saturated carbocycles. The van der Waals surface area contributed by atoms with Gasteiger partial charge in [-0.1, -0.05) is 12.1 Å². The van der Waals surface area contributed by atoms with Crippen LogP contribution in [-0.4, -0.2) is 30.3 Å². The molecule has 8 nitrogen and oxygen atoms in total. The summed E-state index contributed by atoms with van der Waals surface area (Å²) in [6.45, 7) is 0.527. The van der Waals surface area contributed by atoms with Crippen molar-refractivity contribution in [3.8, 4) is 5.75 Å². The van der Waals surface area contributed by atoms with E-state index in [-0.39, 0.29) is 6.42 Å². The summed E-state index contributed by atoms with van der Waals surface area (Å²) in [4.78, 5) is 24.9. The fourth-order valence-electron chi connectivity index (χ4n) is 1.74. The van der Waals surface area contributed by atoms with Crippen LogP contribution in [-0.2, 0) is 11.3 Å². The van der Waals surface area contributed by atoms with Crippen LogP contribution in [0.2, 0.25) is 0 Å². The molecule has 1 aromatic carbocycles. The van der Waals surface area contributed by atoms with Gasteiger partial charge < -0.3 is 4.74 Å². The van der Waals surface area contributed by atoms with Gasteiger partial charge in [0.2, 0.25) is 0 Å². The van der Waals surface area contributed by atoms with E-state index in [4.69, 9.17) is 4.74 Å². The van der Waals surface area contributed by atoms with Gasteiger partial charge in [-0.25, -0.2) is 10.1 Å². The monoisotopic (exact) mass is 289 g/mol. The van der Waals surface area contributed by atoms with Gasteiger partial charge in [-0.15, -0.1) is 10.0 Å². The van der Waals surface area contributed by atoms with E-state index in [9.17, 15) is 9.70 Å². The molecule has 0 aromatic heterocycles. The fraction of sp³-hybridized carbons (Fsp3) is 0.308. The molecule has 1 amide bonds. The fourth-order valence-corrected chi connectivity index (χ4v) is 1.74. The van der Waals surface area contributed by atoms with Gasteiger partial charge in [-0.3, -0.25) is 10.2 Å². The molecular formula is C13H15N5O3. The maximum absolute atomic E-state index is 10.9. The lowest BCUT2D eigenvalue weighted by Crippen LogP contribution is -2.40. The molecule has 8 heteroatoms. The highest BCUT2D eigenvalue weighted by Crippen LogP contribution is 2.13. The summed E-state index contributed by atoms with van der Waals surface area (Å²) in [5.74, 6) is 0.662. The zero-order chi connectivity index (χ0) is 15.1. The van der Waals surface area contributed by atoms with Gasteiger partial charge in [0.25, 0.3) is 5.91 Å². The zero-order valence-electron chi connectivity index (χ0n) is 11.5. The van der Waals surface area contributed by atoms with Crippen molar-refractivity contribution in [1.82, 2.24) is 10.5 Å². The number of nitrogens with one attached hydrogen (secondary N) is 1. The van der Waals surface area contributed by atoms with E-state index in [1.165, 1.54) is 6.34 Å². The quantitative estimate of drug-likeness (QED) is 0.799. The van der Waals surface area contributed by atoms with E-state index in [1.807, 2.05) is 24.3 Å². The van der Waals surface area contributed by atoms with E-state index in [1.54, 1.807) is 12.2 Å². The molecule has 0 aliphatic carbocycles. The third-order valence-corrected chi connectivity index (χ3v) is 2.83. The standard InChI is InChI=1S/C13H15N5O3/c1-21-11-4-2-10(3-5-11)8-18-15-9-14-12(16-18)6-7-13(19)17-20/h2-5,9H,6-8H2,1H3,(H,14,15,16). The number of carbonyl (C=O) groups is 1. The minimum Gasteiger partial charge on any atom is -0.497 e. The van der Waals surface area contributed by atoms with Crippen molar-refractivity contribution in [2.24, 2.45) is 15.3 Å². The van der Waals surface area contributed by atoms with Crippen LogP contribution in [0.25, 0.3) is 0 Å². The van der Waals surface area contributed by atoms with Gasteiger partial charge in [0, 0.05) is 18.0 Å². The number of rotatable bonds is 6. The Morgan fingerprint density at radius 2 is 2.14 bits per heavy atom. The summed E-state index contributed by atoms with van der Waals surface area (Å²) < 4.78 is 5.10. The lowest BCUT2D eigenvalue weighted by atomic mass is 10.2. The number of ether oxygens (including phenoxy) is 1. The highest BCUT2D eigenvalue weighted by molar-refractivity contribution is 5.92. The molecule has 21 heavy (non-hydrogen) atoms. The molecule has 110 valence electrons. The average Bonchev–Trinajstić information content (AvgIpc) is 2.53. The van der Waals surface area contributed by atoms with Gasteiger partial charge in [0.1, 0.15) is 17.9 Å². The highest BCUT2D eigenvalue weighted by atomic mass is 16.5. The van der Waals surface area contributed by atoms with Gasteiger partial charge >= 0.3 is 0 Å². The van der Waals surface area contributed by atoms with Gasteiger partial charge in [0.05, 0.1) is 13.7 Å². The molecule has 1 aliphatic rings. The lowest BCUT2D eigenvalue weighted by molar-refractivity contribution is -0.117. The van der Waals surface area contributed by atoms with Crippen LogP contribution in [0.5, 0.6) is 5.75 Å². The summed E-state index contributed by atoms with van der Waals surface area (Å²) in [5, 5.41) is 8.02. The molecule has 0 spiro atoms. The van der Waals surface area contributed by atoms with Crippen LogP contribution < -0.4 is 10.2 Å². The Bertz CT molecular complexity index is 568. The van der Waals surface area contributed by atoms with Gasteiger partial charge in [-0.05, 0) is 17.7 Å². The zero-order valence-corrected chi connectivity index (χ0v) is 11.5. The number of benzene rings is 1. The summed E-state index contributed by atoms with van der Waals surface area (Å²) in [7, 11) is 1.61. The Morgan fingerprint density at radius 3 is 2.81 bits per heavy atom. The van der Waals surface area contributed by atoms with Crippen molar-refractivity contribution in [3.05, 3.63) is 34.7 Å². The number of amides is 1. The first-order valence-electron chi connectivity index (χ1n) is 6.33. The molecule has 0 radical (unpaired) electrons. The number of methoxy groups -OCH3 is 1. The number of carbonyl (C=O) groups excluding carboxylic acids is 1. The smallest absolute Gasteiger partial charge is 0.286 e. The predicted octanol–water partition coefficient (Wildman–Crippen LogP) is 1.43. The Hall–Kier alpha value is -2.77. The number of hydrazone groups is 1. The van der Waals surface area contributed by atoms with Crippen LogP contribution in [0.4, 0.5) is 0 Å². The minimum atomic E-state index is -0.691. The first kappa shape index (κ1) is 14.6. The maximum atomic E-state index is 10.9. The number of nitrogens with zero attached hydrogens (tertiary/aromatic N) is 4. The molecule has 2 rings (SSSR count). The average molecular weight is 289 g/mol. The Labute approximate surface area is 121 Å². The number of nitroso groups, excluding NO2 is 1. The van der Waals surface area contributed by atoms with E-state index in [0.29, 0.717) is 18.8 Å². The van der Waals surface area contributed by atoms with E-state index >= 15 is 0 Å². The first-order valence-corrected chi connectivity index (χ1v) is 6.33. The molecule has 1 aromatic rings. The third-order valence-electron chi connectivity index (χ3n) is 2.83. The van der Waals surface area contributed by atoms with Crippen molar-refractivity contribution in [3.63, 3.8) is 0 Å². The van der Waals surface area contributed by atoms with Crippen molar-refractivity contribution < 1.29 is 9.53 Å². The molecule has 1 N–H and O–H groups in total. The predicted molar refractivity (Wildman–Crippen MR) is 77.6 cm³/mol. The Balaban J connectivity index is 1.88. The molecule has 1 aliphatic heterocycles. The molecule has 0 fully saturated rings. The van der Waals surface area contributed by atoms with Crippen LogP contribution in [0, 0.1) is 4.91 Å². The molecule has 0 unspecified atom stereocenters. The molecule has 0 atom stereocenters. The van der Waals surface area contributed by atoms with E-state index < -0.39 is 5.91 Å². The highest BCUT2D eigenvalue weighted by Gasteiger charge is 2.11. The van der Waals surface area contributed by atoms with Crippen molar-refractivity contribution >= 4 is 18.1 Å². The minimum absolute atomic E-state index is 0.0273. The number of amidine groups is 1. The summed E-state index contributed by atoms with van der Waals surface area (Å²) in [5.41, 5.74) is 4.00. The lowest BCUT2D eigenvalue weighted by Gasteiger charge is -2.24. The summed E-state index contributed by atoms with van der Waals surface area (Å²) in [6.07, 6.45) is 1.74. The van der Waals surface area contributed by atoms with Gasteiger partial charge in [-0.2, -0.15) is 0 Å². The molecule has 0 bridgehead atoms. The molecule has 0 saturated heterocycles. The summed E-state index contributed by atoms with van der Waals surface area (Å²) in [6, 6.07) is 7.60. The van der Waals surface area contributed by atoms with Crippen molar-refractivity contribution in [2.75, 3.05) is 7.11 Å². The van der Waals surface area contributed by atoms with Crippen LogP contribution in [0.1, 0.15) is 18.4 Å². The topological polar surface area (TPSA) is 95.7 Å². The number of aliphatic imine (C=N–C) groups is 1. The summed E-state index contributed by atoms with van der Waals surface area (Å²) >= 11 is 0. The number of hydrogen-bond donors (Lipinski definition) is 1. The van der Waals surface area contributed by atoms with Crippen LogP contribution >= 0.6 is 0 Å². The van der Waals surface area contributed by atoms with Crippen molar-refractivity contribution in [1.29, 1.82) is 0 Å². The molecular weight excluding hydrogens is 274 g/mol.